The third-order valence-corrected chi connectivity index (χ3v) is 3.04. The van der Waals surface area contributed by atoms with Gasteiger partial charge in [-0.3, -0.25) is 0 Å². The van der Waals surface area contributed by atoms with Gasteiger partial charge in [-0.05, 0) is 24.6 Å². The van der Waals surface area contributed by atoms with E-state index in [1.165, 1.54) is 0 Å². The normalized spacial score (nSPS) is 18.6. The first kappa shape index (κ1) is 16.8. The van der Waals surface area contributed by atoms with Gasteiger partial charge in [-0.15, -0.1) is 0 Å². The number of ether oxygens (including phenoxy) is 5. The highest BCUT2D eigenvalue weighted by Crippen LogP contribution is 2.29. The number of benzene rings is 1. The first-order chi connectivity index (χ1) is 10.9. The van der Waals surface area contributed by atoms with Crippen LogP contribution in [0, 0.1) is 0 Å². The molecule has 122 valence electrons. The molecular formula is C17H24O5. The van der Waals surface area contributed by atoms with E-state index in [0.29, 0.717) is 52.9 Å². The lowest BCUT2D eigenvalue weighted by molar-refractivity contribution is 0.00708. The summed E-state index contributed by atoms with van der Waals surface area (Å²) in [5, 5.41) is 0. The summed E-state index contributed by atoms with van der Waals surface area (Å²) < 4.78 is 27.8. The van der Waals surface area contributed by atoms with E-state index in [2.05, 4.69) is 0 Å². The summed E-state index contributed by atoms with van der Waals surface area (Å²) in [4.78, 5) is 0. The minimum absolute atomic E-state index is 0.478. The number of hydrogen-bond acceptors (Lipinski definition) is 5. The van der Waals surface area contributed by atoms with Gasteiger partial charge in [0.2, 0.25) is 0 Å². The van der Waals surface area contributed by atoms with Gasteiger partial charge < -0.3 is 23.7 Å². The van der Waals surface area contributed by atoms with E-state index in [4.69, 9.17) is 23.7 Å². The molecule has 1 aromatic rings. The molecule has 2 rings (SSSR count). The van der Waals surface area contributed by atoms with E-state index in [-0.39, 0.29) is 0 Å². The molecule has 22 heavy (non-hydrogen) atoms. The Morgan fingerprint density at radius 2 is 1.27 bits per heavy atom. The Kier molecular flexibility index (Phi) is 7.80. The molecule has 0 N–H and O–H groups in total. The molecule has 0 bridgehead atoms. The first-order valence-corrected chi connectivity index (χ1v) is 7.66. The Hall–Kier alpha value is -1.56. The third kappa shape index (κ3) is 6.05. The average Bonchev–Trinajstić information content (AvgIpc) is 2.54. The molecule has 0 saturated carbocycles. The maximum Gasteiger partial charge on any atom is 0.161 e. The summed E-state index contributed by atoms with van der Waals surface area (Å²) in [5.41, 5.74) is 1.08. The molecule has 5 heteroatoms. The zero-order chi connectivity index (χ0) is 15.5. The van der Waals surface area contributed by atoms with Gasteiger partial charge >= 0.3 is 0 Å². The van der Waals surface area contributed by atoms with Crippen molar-refractivity contribution < 1.29 is 23.7 Å². The topological polar surface area (TPSA) is 46.2 Å². The maximum atomic E-state index is 5.79. The second-order valence-electron chi connectivity index (χ2n) is 4.74. The first-order valence-electron chi connectivity index (χ1n) is 7.66. The molecule has 5 nitrogen and oxygen atoms in total. The molecule has 0 aliphatic carbocycles. The standard InChI is InChI=1S/C17H24O5/c1-2-3-15-4-5-16-17(14-15)22-13-11-20-9-7-18-6-8-19-10-12-21-16/h2-5,14H,6-13H2,1H3/b3-2+. The second kappa shape index (κ2) is 10.2. The van der Waals surface area contributed by atoms with Gasteiger partial charge in [0.25, 0.3) is 0 Å². The fourth-order valence-corrected chi connectivity index (χ4v) is 2.02. The number of fused-ring (bicyclic) bond motifs is 1. The Morgan fingerprint density at radius 3 is 1.86 bits per heavy atom. The molecule has 0 unspecified atom stereocenters. The van der Waals surface area contributed by atoms with Crippen LogP contribution in [-0.2, 0) is 14.2 Å². The predicted molar refractivity (Wildman–Crippen MR) is 84.6 cm³/mol. The molecule has 0 amide bonds. The monoisotopic (exact) mass is 308 g/mol. The van der Waals surface area contributed by atoms with Gasteiger partial charge in [0, 0.05) is 0 Å². The van der Waals surface area contributed by atoms with Crippen molar-refractivity contribution in [3.8, 4) is 11.5 Å². The minimum atomic E-state index is 0.478. The zero-order valence-electron chi connectivity index (χ0n) is 13.1. The van der Waals surface area contributed by atoms with Crippen molar-refractivity contribution >= 4 is 6.08 Å². The summed E-state index contributed by atoms with van der Waals surface area (Å²) in [6, 6.07) is 5.89. The summed E-state index contributed by atoms with van der Waals surface area (Å²) in [5.74, 6) is 1.45. The highest BCUT2D eigenvalue weighted by molar-refractivity contribution is 5.55. The van der Waals surface area contributed by atoms with Crippen LogP contribution in [0.15, 0.2) is 24.3 Å². The maximum absolute atomic E-state index is 5.79. The van der Waals surface area contributed by atoms with Crippen LogP contribution in [0.4, 0.5) is 0 Å². The van der Waals surface area contributed by atoms with Crippen LogP contribution in [0.5, 0.6) is 11.5 Å². The highest BCUT2D eigenvalue weighted by Gasteiger charge is 2.07. The lowest BCUT2D eigenvalue weighted by Gasteiger charge is -2.13. The highest BCUT2D eigenvalue weighted by atomic mass is 16.6. The largest absolute Gasteiger partial charge is 0.487 e. The molecule has 0 spiro atoms. The lowest BCUT2D eigenvalue weighted by Crippen LogP contribution is -2.13. The molecule has 0 radical (unpaired) electrons. The Morgan fingerprint density at radius 1 is 0.727 bits per heavy atom. The Balaban J connectivity index is 2.00. The van der Waals surface area contributed by atoms with E-state index < -0.39 is 0 Å². The molecular weight excluding hydrogens is 284 g/mol. The Bertz CT molecular complexity index is 458. The lowest BCUT2D eigenvalue weighted by atomic mass is 10.2. The smallest absolute Gasteiger partial charge is 0.161 e. The van der Waals surface area contributed by atoms with Gasteiger partial charge in [-0.2, -0.15) is 0 Å². The van der Waals surface area contributed by atoms with Crippen LogP contribution < -0.4 is 9.47 Å². The zero-order valence-corrected chi connectivity index (χ0v) is 13.1. The van der Waals surface area contributed by atoms with Crippen molar-refractivity contribution in [3.05, 3.63) is 29.8 Å². The molecule has 0 aromatic heterocycles. The molecule has 1 aliphatic heterocycles. The van der Waals surface area contributed by atoms with Gasteiger partial charge in [0.15, 0.2) is 11.5 Å². The average molecular weight is 308 g/mol. The van der Waals surface area contributed by atoms with Gasteiger partial charge in [-0.25, -0.2) is 0 Å². The SMILES string of the molecule is C/C=C/c1ccc2c(c1)OCCOCCOCCOCCO2. The Labute approximate surface area is 131 Å². The van der Waals surface area contributed by atoms with Crippen LogP contribution in [0.2, 0.25) is 0 Å². The van der Waals surface area contributed by atoms with Crippen molar-refractivity contribution in [1.29, 1.82) is 0 Å². The van der Waals surface area contributed by atoms with Crippen LogP contribution in [0.25, 0.3) is 6.08 Å². The van der Waals surface area contributed by atoms with Crippen molar-refractivity contribution in [1.82, 2.24) is 0 Å². The summed E-state index contributed by atoms with van der Waals surface area (Å²) >= 11 is 0. The van der Waals surface area contributed by atoms with E-state index in [1.807, 2.05) is 37.3 Å². The van der Waals surface area contributed by atoms with Crippen LogP contribution in [-0.4, -0.2) is 52.9 Å². The quantitative estimate of drug-likeness (QED) is 0.798. The number of hydrogen-bond donors (Lipinski definition) is 0. The molecule has 1 aliphatic rings. The van der Waals surface area contributed by atoms with Crippen LogP contribution >= 0.6 is 0 Å². The van der Waals surface area contributed by atoms with Gasteiger partial charge in [0.1, 0.15) is 13.2 Å². The van der Waals surface area contributed by atoms with E-state index in [9.17, 15) is 0 Å². The number of rotatable bonds is 1. The molecule has 0 saturated heterocycles. The van der Waals surface area contributed by atoms with Gasteiger partial charge in [-0.1, -0.05) is 18.2 Å². The minimum Gasteiger partial charge on any atom is -0.487 e. The molecule has 0 fully saturated rings. The van der Waals surface area contributed by atoms with Crippen molar-refractivity contribution in [2.24, 2.45) is 0 Å². The van der Waals surface area contributed by atoms with E-state index in [0.717, 1.165) is 17.1 Å². The van der Waals surface area contributed by atoms with Gasteiger partial charge in [0.05, 0.1) is 39.6 Å². The van der Waals surface area contributed by atoms with Crippen molar-refractivity contribution in [2.45, 2.75) is 6.92 Å². The van der Waals surface area contributed by atoms with Crippen LogP contribution in [0.3, 0.4) is 0 Å². The second-order valence-corrected chi connectivity index (χ2v) is 4.74. The number of allylic oxidation sites excluding steroid dienone is 1. The predicted octanol–water partition coefficient (Wildman–Crippen LogP) is 2.54. The van der Waals surface area contributed by atoms with Crippen molar-refractivity contribution in [2.75, 3.05) is 52.9 Å². The summed E-state index contributed by atoms with van der Waals surface area (Å²) in [7, 11) is 0. The summed E-state index contributed by atoms with van der Waals surface area (Å²) in [6.45, 7) is 6.26. The molecule has 1 aromatic carbocycles. The summed E-state index contributed by atoms with van der Waals surface area (Å²) in [6.07, 6.45) is 4.02. The molecule has 0 atom stereocenters. The fraction of sp³-hybridized carbons (Fsp3) is 0.529. The molecule has 1 heterocycles. The third-order valence-electron chi connectivity index (χ3n) is 3.04. The van der Waals surface area contributed by atoms with E-state index >= 15 is 0 Å². The van der Waals surface area contributed by atoms with E-state index in [1.54, 1.807) is 0 Å². The fourth-order valence-electron chi connectivity index (χ4n) is 2.02. The van der Waals surface area contributed by atoms with Crippen molar-refractivity contribution in [3.63, 3.8) is 0 Å². The van der Waals surface area contributed by atoms with Crippen LogP contribution in [0.1, 0.15) is 12.5 Å².